The highest BCUT2D eigenvalue weighted by atomic mass is 15.3. The Kier molecular flexibility index (Phi) is 3.19. The van der Waals surface area contributed by atoms with Crippen molar-refractivity contribution >= 4 is 5.84 Å². The molecule has 1 rings (SSSR count). The Morgan fingerprint density at radius 1 is 1.42 bits per heavy atom. The second-order valence-corrected chi connectivity index (χ2v) is 3.47. The van der Waals surface area contributed by atoms with Crippen LogP contribution in [0.25, 0.3) is 0 Å². The van der Waals surface area contributed by atoms with Gasteiger partial charge in [-0.05, 0) is 12.3 Å². The van der Waals surface area contributed by atoms with Crippen molar-refractivity contribution in [3.63, 3.8) is 0 Å². The molecule has 0 aliphatic heterocycles. The van der Waals surface area contributed by atoms with Crippen LogP contribution in [0, 0.1) is 17.2 Å². The Labute approximate surface area is 72.7 Å². The van der Waals surface area contributed by atoms with Gasteiger partial charge >= 0.3 is 0 Å². The van der Waals surface area contributed by atoms with Crippen molar-refractivity contribution in [2.75, 3.05) is 0 Å². The van der Waals surface area contributed by atoms with Crippen LogP contribution < -0.4 is 5.84 Å². The third-order valence-corrected chi connectivity index (χ3v) is 2.63. The third-order valence-electron chi connectivity index (χ3n) is 2.63. The molecule has 12 heavy (non-hydrogen) atoms. The van der Waals surface area contributed by atoms with E-state index in [2.05, 4.69) is 17.3 Å². The van der Waals surface area contributed by atoms with E-state index in [0.717, 1.165) is 6.42 Å². The van der Waals surface area contributed by atoms with Gasteiger partial charge in [0.2, 0.25) is 0 Å². The van der Waals surface area contributed by atoms with E-state index in [9.17, 15) is 0 Å². The zero-order valence-corrected chi connectivity index (χ0v) is 7.45. The van der Waals surface area contributed by atoms with Crippen molar-refractivity contribution in [2.45, 2.75) is 32.6 Å². The fourth-order valence-electron chi connectivity index (χ4n) is 1.86. The van der Waals surface area contributed by atoms with E-state index in [1.54, 1.807) is 0 Å². The van der Waals surface area contributed by atoms with E-state index in [1.165, 1.54) is 19.3 Å². The molecule has 1 fully saturated rings. The number of nitrogens with zero attached hydrogens (tertiary/aromatic N) is 2. The standard InChI is InChI=1S/C8H16N4/c1-6-4-2-3-5-7(6)8(9)11-12-10/h6-7H,2-5H2,1H3,(H3,9,10,11)/t6-,7?/m0/s1. The summed E-state index contributed by atoms with van der Waals surface area (Å²) in [6.07, 6.45) is 4.76. The van der Waals surface area contributed by atoms with Gasteiger partial charge in [-0.25, -0.2) is 0 Å². The second-order valence-electron chi connectivity index (χ2n) is 3.47. The van der Waals surface area contributed by atoms with E-state index in [1.807, 2.05) is 0 Å². The van der Waals surface area contributed by atoms with Crippen LogP contribution in [-0.4, -0.2) is 5.84 Å². The molecule has 2 atom stereocenters. The Bertz CT molecular complexity index is 187. The number of amidine groups is 1. The Morgan fingerprint density at radius 2 is 2.08 bits per heavy atom. The minimum atomic E-state index is 0.283. The van der Waals surface area contributed by atoms with E-state index >= 15 is 0 Å². The fourth-order valence-corrected chi connectivity index (χ4v) is 1.86. The Hall–Kier alpha value is -0.930. The first-order valence-corrected chi connectivity index (χ1v) is 4.45. The van der Waals surface area contributed by atoms with E-state index in [4.69, 9.17) is 11.3 Å². The van der Waals surface area contributed by atoms with Crippen LogP contribution in [0.1, 0.15) is 32.6 Å². The molecule has 3 N–H and O–H groups in total. The summed E-state index contributed by atoms with van der Waals surface area (Å²) in [5.41, 5.74) is 0. The van der Waals surface area contributed by atoms with E-state index in [-0.39, 0.29) is 5.92 Å². The van der Waals surface area contributed by atoms with Crippen molar-refractivity contribution in [3.8, 4) is 0 Å². The monoisotopic (exact) mass is 168 g/mol. The molecule has 1 aliphatic carbocycles. The maximum atomic E-state index is 7.57. The summed E-state index contributed by atoms with van der Waals surface area (Å²) < 4.78 is 0. The smallest absolute Gasteiger partial charge is 0.148 e. The first-order chi connectivity index (χ1) is 5.75. The largest absolute Gasteiger partial charge is 0.305 e. The van der Waals surface area contributed by atoms with Gasteiger partial charge in [-0.15, -0.1) is 5.11 Å². The lowest BCUT2D eigenvalue weighted by Gasteiger charge is -2.26. The van der Waals surface area contributed by atoms with Crippen molar-refractivity contribution in [1.82, 2.24) is 0 Å². The molecule has 0 heterocycles. The molecule has 0 aromatic heterocycles. The maximum Gasteiger partial charge on any atom is 0.148 e. The fraction of sp³-hybridized carbons (Fsp3) is 0.875. The number of nitrogens with one attached hydrogen (secondary N) is 1. The summed E-state index contributed by atoms with van der Waals surface area (Å²) >= 11 is 0. The minimum Gasteiger partial charge on any atom is -0.305 e. The molecular formula is C8H16N4. The van der Waals surface area contributed by atoms with Gasteiger partial charge in [0, 0.05) is 5.92 Å². The lowest BCUT2D eigenvalue weighted by atomic mass is 9.80. The maximum absolute atomic E-state index is 7.57. The van der Waals surface area contributed by atoms with E-state index in [0.29, 0.717) is 11.8 Å². The molecule has 0 spiro atoms. The summed E-state index contributed by atoms with van der Waals surface area (Å²) in [7, 11) is 0. The SMILES string of the molecule is C[C@H]1CCCCC1C(=N)N=NN. The summed E-state index contributed by atoms with van der Waals surface area (Å²) in [5, 5.41) is 14.3. The predicted octanol–water partition coefficient (Wildman–Crippen LogP) is 2.12. The highest BCUT2D eigenvalue weighted by Gasteiger charge is 2.24. The van der Waals surface area contributed by atoms with Crippen LogP contribution in [0.5, 0.6) is 0 Å². The van der Waals surface area contributed by atoms with Gasteiger partial charge in [0.25, 0.3) is 0 Å². The molecule has 68 valence electrons. The van der Waals surface area contributed by atoms with Gasteiger partial charge in [0.15, 0.2) is 0 Å². The molecule has 0 aromatic rings. The number of rotatable bonds is 1. The highest BCUT2D eigenvalue weighted by molar-refractivity contribution is 5.82. The second kappa shape index (κ2) is 4.18. The van der Waals surface area contributed by atoms with Gasteiger partial charge in [0.1, 0.15) is 5.84 Å². The number of hydrogen-bond donors (Lipinski definition) is 2. The zero-order chi connectivity index (χ0) is 8.97. The van der Waals surface area contributed by atoms with Crippen LogP contribution in [0.3, 0.4) is 0 Å². The van der Waals surface area contributed by atoms with E-state index < -0.39 is 0 Å². The van der Waals surface area contributed by atoms with Crippen LogP contribution >= 0.6 is 0 Å². The van der Waals surface area contributed by atoms with Crippen molar-refractivity contribution in [3.05, 3.63) is 0 Å². The van der Waals surface area contributed by atoms with Crippen molar-refractivity contribution in [2.24, 2.45) is 28.0 Å². The summed E-state index contributed by atoms with van der Waals surface area (Å²) in [5.74, 6) is 6.10. The van der Waals surface area contributed by atoms with Gasteiger partial charge in [-0.1, -0.05) is 31.4 Å². The predicted molar refractivity (Wildman–Crippen MR) is 47.9 cm³/mol. The summed E-state index contributed by atoms with van der Waals surface area (Å²) in [6, 6.07) is 0. The number of nitrogens with two attached hydrogens (primary N) is 1. The molecule has 0 amide bonds. The van der Waals surface area contributed by atoms with Crippen LogP contribution in [0.15, 0.2) is 10.3 Å². The molecular weight excluding hydrogens is 152 g/mol. The van der Waals surface area contributed by atoms with Gasteiger partial charge < -0.3 is 5.84 Å². The molecule has 0 radical (unpaired) electrons. The zero-order valence-electron chi connectivity index (χ0n) is 7.45. The number of hydrogen-bond acceptors (Lipinski definition) is 2. The molecule has 0 bridgehead atoms. The normalized spacial score (nSPS) is 30.8. The molecule has 4 heteroatoms. The van der Waals surface area contributed by atoms with Crippen LogP contribution in [0.2, 0.25) is 0 Å². The Balaban J connectivity index is 2.53. The van der Waals surface area contributed by atoms with Crippen LogP contribution in [0.4, 0.5) is 0 Å². The lowest BCUT2D eigenvalue weighted by Crippen LogP contribution is -2.23. The topological polar surface area (TPSA) is 74.6 Å². The Morgan fingerprint density at radius 3 is 2.67 bits per heavy atom. The van der Waals surface area contributed by atoms with Gasteiger partial charge in [0.05, 0.1) is 0 Å². The third kappa shape index (κ3) is 2.03. The average molecular weight is 168 g/mol. The van der Waals surface area contributed by atoms with Crippen molar-refractivity contribution < 1.29 is 0 Å². The summed E-state index contributed by atoms with van der Waals surface area (Å²) in [4.78, 5) is 0. The molecule has 1 unspecified atom stereocenters. The van der Waals surface area contributed by atoms with Crippen LogP contribution in [-0.2, 0) is 0 Å². The lowest BCUT2D eigenvalue weighted by molar-refractivity contribution is 0.321. The molecule has 0 aromatic carbocycles. The molecule has 4 nitrogen and oxygen atoms in total. The molecule has 1 aliphatic rings. The average Bonchev–Trinajstić information content (AvgIpc) is 2.05. The first kappa shape index (κ1) is 9.16. The van der Waals surface area contributed by atoms with Gasteiger partial charge in [-0.3, -0.25) is 5.41 Å². The molecule has 1 saturated carbocycles. The molecule has 0 saturated heterocycles. The quantitative estimate of drug-likeness (QED) is 0.203. The first-order valence-electron chi connectivity index (χ1n) is 4.45. The van der Waals surface area contributed by atoms with Gasteiger partial charge in [-0.2, -0.15) is 0 Å². The summed E-state index contributed by atoms with van der Waals surface area (Å²) in [6.45, 7) is 2.17. The van der Waals surface area contributed by atoms with Crippen molar-refractivity contribution in [1.29, 1.82) is 5.41 Å². The highest BCUT2D eigenvalue weighted by Crippen LogP contribution is 2.30. The minimum absolute atomic E-state index is 0.283.